The number of anilines is 1. The molecule has 1 aliphatic rings. The number of aliphatic hydroxyl groups excluding tert-OH is 1. The van der Waals surface area contributed by atoms with Crippen molar-refractivity contribution in [3.8, 4) is 22.6 Å². The second kappa shape index (κ2) is 20.1. The number of rotatable bonds is 15. The quantitative estimate of drug-likeness (QED) is 0.0955. The van der Waals surface area contributed by atoms with Crippen molar-refractivity contribution in [3.63, 3.8) is 0 Å². The summed E-state index contributed by atoms with van der Waals surface area (Å²) < 4.78 is 19.7. The van der Waals surface area contributed by atoms with Gasteiger partial charge in [0.2, 0.25) is 0 Å². The van der Waals surface area contributed by atoms with E-state index < -0.39 is 6.29 Å². The molecule has 0 aliphatic carbocycles. The molecule has 8 rings (SSSR count). The van der Waals surface area contributed by atoms with Crippen LogP contribution in [0.2, 0.25) is 0 Å². The standard InChI is InChI=1S/C53H51N3O5/c1-38-50(36-56(34-39-13-5-2-6-14-39)35-40-15-7-3-8-16-40)60-52(61-51(38)43-25-23-41(37-57)24-26-43)46-20-12-19-45(32-46)44-18-11-17-42(31-44)33-54-53(58)55-47-27-29-49(30-28-47)59-48-21-9-4-10-22-48/h2-32,38,50-52,57H,33-37H2,1H3,(H2,54,55,58)/t38-,50+,51+,52+/m1/s1. The van der Waals surface area contributed by atoms with E-state index in [1.54, 1.807) is 0 Å². The predicted molar refractivity (Wildman–Crippen MR) is 241 cm³/mol. The van der Waals surface area contributed by atoms with Crippen molar-refractivity contribution in [1.29, 1.82) is 0 Å². The summed E-state index contributed by atoms with van der Waals surface area (Å²) in [6.07, 6.45) is -1.01. The molecule has 308 valence electrons. The third-order valence-corrected chi connectivity index (χ3v) is 11.0. The van der Waals surface area contributed by atoms with E-state index in [1.807, 2.05) is 84.9 Å². The van der Waals surface area contributed by atoms with E-state index in [9.17, 15) is 9.90 Å². The van der Waals surface area contributed by atoms with Crippen LogP contribution in [-0.2, 0) is 35.7 Å². The van der Waals surface area contributed by atoms with Crippen molar-refractivity contribution in [2.45, 2.75) is 51.7 Å². The number of hydrogen-bond acceptors (Lipinski definition) is 6. The van der Waals surface area contributed by atoms with Crippen molar-refractivity contribution in [3.05, 3.63) is 221 Å². The van der Waals surface area contributed by atoms with Crippen molar-refractivity contribution >= 4 is 11.7 Å². The molecule has 7 aromatic rings. The van der Waals surface area contributed by atoms with Gasteiger partial charge in [0, 0.05) is 43.3 Å². The number of nitrogens with zero attached hydrogens (tertiary/aromatic N) is 1. The predicted octanol–water partition coefficient (Wildman–Crippen LogP) is 11.5. The summed E-state index contributed by atoms with van der Waals surface area (Å²) in [6, 6.07) is 62.3. The van der Waals surface area contributed by atoms with Crippen LogP contribution in [0.3, 0.4) is 0 Å². The van der Waals surface area contributed by atoms with Gasteiger partial charge in [-0.15, -0.1) is 0 Å². The van der Waals surface area contributed by atoms with Gasteiger partial charge in [-0.2, -0.15) is 0 Å². The molecular formula is C53H51N3O5. The van der Waals surface area contributed by atoms with Crippen LogP contribution in [0, 0.1) is 5.92 Å². The molecule has 0 aromatic heterocycles. The van der Waals surface area contributed by atoms with Gasteiger partial charge < -0.3 is 30.0 Å². The average molecular weight is 810 g/mol. The van der Waals surface area contributed by atoms with Crippen LogP contribution in [0.5, 0.6) is 11.5 Å². The van der Waals surface area contributed by atoms with Crippen LogP contribution >= 0.6 is 0 Å². The lowest BCUT2D eigenvalue weighted by atomic mass is 9.89. The molecule has 1 aliphatic heterocycles. The fourth-order valence-electron chi connectivity index (χ4n) is 7.77. The minimum Gasteiger partial charge on any atom is -0.457 e. The zero-order valence-corrected chi connectivity index (χ0v) is 34.3. The van der Waals surface area contributed by atoms with Crippen molar-refractivity contribution in [1.82, 2.24) is 10.2 Å². The van der Waals surface area contributed by atoms with Crippen LogP contribution in [-0.4, -0.2) is 28.7 Å². The van der Waals surface area contributed by atoms with Gasteiger partial charge in [-0.05, 0) is 87.5 Å². The second-order valence-electron chi connectivity index (χ2n) is 15.5. The first-order valence-corrected chi connectivity index (χ1v) is 20.8. The van der Waals surface area contributed by atoms with Crippen LogP contribution in [0.15, 0.2) is 188 Å². The molecule has 61 heavy (non-hydrogen) atoms. The minimum absolute atomic E-state index is 0.0125. The van der Waals surface area contributed by atoms with E-state index in [4.69, 9.17) is 14.2 Å². The summed E-state index contributed by atoms with van der Waals surface area (Å²) in [4.78, 5) is 15.4. The number of hydrogen-bond donors (Lipinski definition) is 3. The number of aliphatic hydroxyl groups is 1. The molecule has 7 aromatic carbocycles. The smallest absolute Gasteiger partial charge is 0.319 e. The number of carbonyl (C=O) groups is 1. The van der Waals surface area contributed by atoms with Gasteiger partial charge in [-0.25, -0.2) is 4.79 Å². The summed E-state index contributed by atoms with van der Waals surface area (Å²) in [7, 11) is 0. The monoisotopic (exact) mass is 809 g/mol. The number of benzene rings is 7. The SMILES string of the molecule is C[C@@H]1[C@H](CN(Cc2ccccc2)Cc2ccccc2)O[C@H](c2cccc(-c3cccc(CNC(=O)Nc4ccc(Oc5ccccc5)cc4)c3)c2)O[C@@H]1c1ccc(CO)cc1. The summed E-state index contributed by atoms with van der Waals surface area (Å²) in [5.41, 5.74) is 8.99. The molecule has 4 atom stereocenters. The Labute approximate surface area is 358 Å². The Hall–Kier alpha value is -6.55. The maximum atomic E-state index is 12.9. The summed E-state index contributed by atoms with van der Waals surface area (Å²) >= 11 is 0. The largest absolute Gasteiger partial charge is 0.457 e. The van der Waals surface area contributed by atoms with Gasteiger partial charge in [0.1, 0.15) is 11.5 Å². The molecule has 0 spiro atoms. The minimum atomic E-state index is -0.619. The van der Waals surface area contributed by atoms with Crippen molar-refractivity contribution < 1.29 is 24.1 Å². The molecule has 0 radical (unpaired) electrons. The van der Waals surface area contributed by atoms with Gasteiger partial charge in [-0.1, -0.05) is 146 Å². The van der Waals surface area contributed by atoms with Gasteiger partial charge in [0.15, 0.2) is 6.29 Å². The van der Waals surface area contributed by atoms with Gasteiger partial charge in [0.25, 0.3) is 0 Å². The molecule has 8 heteroatoms. The van der Waals surface area contributed by atoms with Crippen molar-refractivity contribution in [2.75, 3.05) is 11.9 Å². The molecule has 0 bridgehead atoms. The van der Waals surface area contributed by atoms with Crippen LogP contribution in [0.25, 0.3) is 11.1 Å². The molecule has 0 saturated carbocycles. The van der Waals surface area contributed by atoms with Crippen molar-refractivity contribution in [2.24, 2.45) is 5.92 Å². The first kappa shape index (κ1) is 41.2. The maximum Gasteiger partial charge on any atom is 0.319 e. The van der Waals surface area contributed by atoms with E-state index in [1.165, 1.54) is 11.1 Å². The Balaban J connectivity index is 0.973. The zero-order chi connectivity index (χ0) is 41.8. The first-order chi connectivity index (χ1) is 30.0. The summed E-state index contributed by atoms with van der Waals surface area (Å²) in [5, 5.41) is 15.7. The van der Waals surface area contributed by atoms with E-state index >= 15 is 0 Å². The second-order valence-corrected chi connectivity index (χ2v) is 15.5. The molecule has 1 heterocycles. The number of para-hydroxylation sites is 1. The highest BCUT2D eigenvalue weighted by Gasteiger charge is 2.39. The fraction of sp³-hybridized carbons (Fsp3) is 0.189. The topological polar surface area (TPSA) is 92.3 Å². The Morgan fingerprint density at radius 3 is 1.85 bits per heavy atom. The highest BCUT2D eigenvalue weighted by Crippen LogP contribution is 2.42. The van der Waals surface area contributed by atoms with Gasteiger partial charge >= 0.3 is 6.03 Å². The molecular weight excluding hydrogens is 759 g/mol. The number of ether oxygens (including phenoxy) is 3. The van der Waals surface area contributed by atoms with Crippen LogP contribution in [0.1, 0.15) is 52.7 Å². The fourth-order valence-corrected chi connectivity index (χ4v) is 7.77. The van der Waals surface area contributed by atoms with Crippen LogP contribution in [0.4, 0.5) is 10.5 Å². The van der Waals surface area contributed by atoms with E-state index in [-0.39, 0.29) is 30.8 Å². The Morgan fingerprint density at radius 1 is 0.607 bits per heavy atom. The maximum absolute atomic E-state index is 12.9. The highest BCUT2D eigenvalue weighted by molar-refractivity contribution is 5.89. The number of urea groups is 1. The lowest BCUT2D eigenvalue weighted by Crippen LogP contribution is -2.44. The number of nitrogens with one attached hydrogen (secondary N) is 2. The molecule has 1 fully saturated rings. The van der Waals surface area contributed by atoms with E-state index in [0.29, 0.717) is 24.5 Å². The lowest BCUT2D eigenvalue weighted by molar-refractivity contribution is -0.276. The third kappa shape index (κ3) is 11.2. The Bertz CT molecular complexity index is 2410. The first-order valence-electron chi connectivity index (χ1n) is 20.8. The summed E-state index contributed by atoms with van der Waals surface area (Å²) in [5.74, 6) is 1.47. The Kier molecular flexibility index (Phi) is 13.6. The number of carbonyl (C=O) groups excluding carboxylic acids is 1. The Morgan fingerprint density at radius 2 is 1.20 bits per heavy atom. The normalized spacial score (nSPS) is 17.4. The van der Waals surface area contributed by atoms with Gasteiger partial charge in [0.05, 0.1) is 18.8 Å². The molecule has 0 unspecified atom stereocenters. The number of amides is 2. The summed E-state index contributed by atoms with van der Waals surface area (Å²) in [6.45, 7) is 4.81. The molecule has 8 nitrogen and oxygen atoms in total. The molecule has 1 saturated heterocycles. The highest BCUT2D eigenvalue weighted by atomic mass is 16.7. The van der Waals surface area contributed by atoms with Crippen LogP contribution < -0.4 is 15.4 Å². The third-order valence-electron chi connectivity index (χ3n) is 11.0. The molecule has 3 N–H and O–H groups in total. The zero-order valence-electron chi connectivity index (χ0n) is 34.3. The lowest BCUT2D eigenvalue weighted by Gasteiger charge is -2.43. The average Bonchev–Trinajstić information content (AvgIpc) is 3.31. The molecule has 2 amide bonds. The van der Waals surface area contributed by atoms with Gasteiger partial charge in [-0.3, -0.25) is 4.90 Å². The van der Waals surface area contributed by atoms with E-state index in [2.05, 4.69) is 126 Å². The van der Waals surface area contributed by atoms with E-state index in [0.717, 1.165) is 52.2 Å².